The van der Waals surface area contributed by atoms with Crippen molar-refractivity contribution >= 4 is 11.6 Å². The van der Waals surface area contributed by atoms with E-state index in [0.717, 1.165) is 0 Å². The number of aliphatic hydroxyl groups is 2. The lowest BCUT2D eigenvalue weighted by molar-refractivity contribution is 0.0488. The predicted octanol–water partition coefficient (Wildman–Crippen LogP) is 3.24. The average molecular weight is 342 g/mol. The molecule has 0 aliphatic carbocycles. The summed E-state index contributed by atoms with van der Waals surface area (Å²) >= 11 is 0. The summed E-state index contributed by atoms with van der Waals surface area (Å²) in [5.74, 6) is 0.168. The maximum atomic E-state index is 12.0. The molecular weight excluding hydrogens is 320 g/mol. The van der Waals surface area contributed by atoms with E-state index < -0.39 is 11.5 Å². The molecule has 1 unspecified atom stereocenters. The number of Topliss-reactive ketones (excluding diaryl/α,β-unsaturated/α-hetero) is 2. The Hall–Kier alpha value is -2.50. The van der Waals surface area contributed by atoms with Gasteiger partial charge in [-0.1, -0.05) is 6.92 Å². The second-order valence-electron chi connectivity index (χ2n) is 6.49. The van der Waals surface area contributed by atoms with Crippen LogP contribution >= 0.6 is 0 Å². The molecule has 0 radical (unpaired) electrons. The third-order valence-electron chi connectivity index (χ3n) is 3.77. The van der Waals surface area contributed by atoms with Crippen LogP contribution < -0.4 is 4.74 Å². The number of ketones is 2. The summed E-state index contributed by atoms with van der Waals surface area (Å²) in [4.78, 5) is 24.0. The van der Waals surface area contributed by atoms with E-state index in [1.54, 1.807) is 55.5 Å². The second-order valence-corrected chi connectivity index (χ2v) is 6.49. The Morgan fingerprint density at radius 1 is 0.960 bits per heavy atom. The molecule has 0 heterocycles. The summed E-state index contributed by atoms with van der Waals surface area (Å²) in [5, 5.41) is 18.8. The Balaban J connectivity index is 2.08. The standard InChI is InChI=1S/C20H22O5/c1-13(12-21)18(22)14-4-8-16(9-5-14)25-17-10-6-15(7-11-17)19(23)20(2,3)24/h4-11,13,21,24H,12H2,1-3H3. The lowest BCUT2D eigenvalue weighted by Gasteiger charge is -2.15. The van der Waals surface area contributed by atoms with Crippen molar-refractivity contribution in [2.24, 2.45) is 5.92 Å². The van der Waals surface area contributed by atoms with E-state index in [0.29, 0.717) is 22.6 Å². The fourth-order valence-electron chi connectivity index (χ4n) is 2.22. The highest BCUT2D eigenvalue weighted by Gasteiger charge is 2.25. The van der Waals surface area contributed by atoms with Gasteiger partial charge >= 0.3 is 0 Å². The van der Waals surface area contributed by atoms with Gasteiger partial charge in [0, 0.05) is 17.0 Å². The van der Waals surface area contributed by atoms with E-state index in [4.69, 9.17) is 9.84 Å². The summed E-state index contributed by atoms with van der Waals surface area (Å²) in [6.07, 6.45) is 0. The first-order valence-electron chi connectivity index (χ1n) is 8.02. The summed E-state index contributed by atoms with van der Waals surface area (Å²) in [6.45, 7) is 4.37. The van der Waals surface area contributed by atoms with Crippen molar-refractivity contribution in [1.82, 2.24) is 0 Å². The zero-order valence-electron chi connectivity index (χ0n) is 14.5. The van der Waals surface area contributed by atoms with Gasteiger partial charge in [-0.25, -0.2) is 0 Å². The summed E-state index contributed by atoms with van der Waals surface area (Å²) in [7, 11) is 0. The molecule has 0 amide bonds. The molecular formula is C20H22O5. The molecule has 0 bridgehead atoms. The van der Waals surface area contributed by atoms with Gasteiger partial charge in [-0.05, 0) is 62.4 Å². The number of hydrogen-bond acceptors (Lipinski definition) is 5. The number of aliphatic hydroxyl groups excluding tert-OH is 1. The minimum atomic E-state index is -1.42. The van der Waals surface area contributed by atoms with Crippen LogP contribution in [-0.4, -0.2) is 34.0 Å². The number of rotatable bonds is 7. The van der Waals surface area contributed by atoms with Gasteiger partial charge in [0.25, 0.3) is 0 Å². The highest BCUT2D eigenvalue weighted by atomic mass is 16.5. The molecule has 2 aromatic carbocycles. The van der Waals surface area contributed by atoms with E-state index in [2.05, 4.69) is 0 Å². The van der Waals surface area contributed by atoms with Gasteiger partial charge in [0.05, 0.1) is 6.61 Å². The molecule has 25 heavy (non-hydrogen) atoms. The maximum Gasteiger partial charge on any atom is 0.193 e. The molecule has 0 spiro atoms. The molecule has 0 aromatic heterocycles. The first-order valence-corrected chi connectivity index (χ1v) is 8.02. The topological polar surface area (TPSA) is 83.8 Å². The van der Waals surface area contributed by atoms with Crippen LogP contribution in [0.1, 0.15) is 41.5 Å². The fraction of sp³-hybridized carbons (Fsp3) is 0.300. The zero-order valence-corrected chi connectivity index (χ0v) is 14.5. The maximum absolute atomic E-state index is 12.0. The molecule has 132 valence electrons. The molecule has 0 saturated heterocycles. The molecule has 5 nitrogen and oxygen atoms in total. The highest BCUT2D eigenvalue weighted by Crippen LogP contribution is 2.24. The Labute approximate surface area is 146 Å². The van der Waals surface area contributed by atoms with E-state index in [9.17, 15) is 14.7 Å². The van der Waals surface area contributed by atoms with Gasteiger partial charge in [0.15, 0.2) is 11.6 Å². The smallest absolute Gasteiger partial charge is 0.193 e. The minimum Gasteiger partial charge on any atom is -0.457 e. The van der Waals surface area contributed by atoms with E-state index in [1.807, 2.05) is 0 Å². The lowest BCUT2D eigenvalue weighted by atomic mass is 9.97. The Bertz CT molecular complexity index is 739. The number of ether oxygens (including phenoxy) is 1. The van der Waals surface area contributed by atoms with E-state index in [1.165, 1.54) is 13.8 Å². The van der Waals surface area contributed by atoms with Crippen molar-refractivity contribution in [2.75, 3.05) is 6.61 Å². The fourth-order valence-corrected chi connectivity index (χ4v) is 2.22. The second kappa shape index (κ2) is 7.59. The Morgan fingerprint density at radius 3 is 1.80 bits per heavy atom. The summed E-state index contributed by atoms with van der Waals surface area (Å²) in [5.41, 5.74) is -0.505. The van der Waals surface area contributed by atoms with Crippen LogP contribution in [0.2, 0.25) is 0 Å². The third kappa shape index (κ3) is 4.75. The predicted molar refractivity (Wildman–Crippen MR) is 94.2 cm³/mol. The number of hydrogen-bond donors (Lipinski definition) is 2. The highest BCUT2D eigenvalue weighted by molar-refractivity contribution is 6.01. The number of carbonyl (C=O) groups excluding carboxylic acids is 2. The van der Waals surface area contributed by atoms with Crippen molar-refractivity contribution < 1.29 is 24.5 Å². The molecule has 5 heteroatoms. The van der Waals surface area contributed by atoms with Gasteiger partial charge in [-0.2, -0.15) is 0 Å². The monoisotopic (exact) mass is 342 g/mol. The van der Waals surface area contributed by atoms with Crippen LogP contribution in [0.25, 0.3) is 0 Å². The van der Waals surface area contributed by atoms with Gasteiger partial charge in [-0.15, -0.1) is 0 Å². The summed E-state index contributed by atoms with van der Waals surface area (Å²) in [6, 6.07) is 13.1. The summed E-state index contributed by atoms with van der Waals surface area (Å²) < 4.78 is 5.69. The van der Waals surface area contributed by atoms with Crippen LogP contribution in [0.15, 0.2) is 48.5 Å². The SMILES string of the molecule is CC(CO)C(=O)c1ccc(Oc2ccc(C(=O)C(C)(C)O)cc2)cc1. The Kier molecular flexibility index (Phi) is 5.72. The largest absolute Gasteiger partial charge is 0.457 e. The Morgan fingerprint density at radius 2 is 1.40 bits per heavy atom. The molecule has 2 aromatic rings. The third-order valence-corrected chi connectivity index (χ3v) is 3.77. The molecule has 0 aliphatic rings. The molecule has 0 aliphatic heterocycles. The van der Waals surface area contributed by atoms with E-state index >= 15 is 0 Å². The van der Waals surface area contributed by atoms with E-state index in [-0.39, 0.29) is 18.2 Å². The number of benzene rings is 2. The first kappa shape index (κ1) is 18.8. The first-order chi connectivity index (χ1) is 11.7. The normalized spacial score (nSPS) is 12.5. The van der Waals surface area contributed by atoms with Crippen LogP contribution in [-0.2, 0) is 0 Å². The van der Waals surface area contributed by atoms with Crippen LogP contribution in [0, 0.1) is 5.92 Å². The van der Waals surface area contributed by atoms with Crippen LogP contribution in [0.3, 0.4) is 0 Å². The van der Waals surface area contributed by atoms with Crippen LogP contribution in [0.4, 0.5) is 0 Å². The van der Waals surface area contributed by atoms with Gasteiger partial charge in [0.1, 0.15) is 17.1 Å². The van der Waals surface area contributed by atoms with Crippen molar-refractivity contribution in [3.8, 4) is 11.5 Å². The van der Waals surface area contributed by atoms with Crippen LogP contribution in [0.5, 0.6) is 11.5 Å². The zero-order chi connectivity index (χ0) is 18.6. The minimum absolute atomic E-state index is 0.122. The van der Waals surface area contributed by atoms with Gasteiger partial charge in [0.2, 0.25) is 0 Å². The molecule has 2 N–H and O–H groups in total. The molecule has 0 fully saturated rings. The number of carbonyl (C=O) groups is 2. The molecule has 1 atom stereocenters. The molecule has 0 saturated carbocycles. The van der Waals surface area contributed by atoms with Crippen molar-refractivity contribution in [1.29, 1.82) is 0 Å². The van der Waals surface area contributed by atoms with Crippen molar-refractivity contribution in [3.05, 3.63) is 59.7 Å². The quantitative estimate of drug-likeness (QED) is 0.755. The molecule has 2 rings (SSSR count). The van der Waals surface area contributed by atoms with Gasteiger partial charge in [-0.3, -0.25) is 9.59 Å². The average Bonchev–Trinajstić information content (AvgIpc) is 2.60. The lowest BCUT2D eigenvalue weighted by Crippen LogP contribution is -2.30. The van der Waals surface area contributed by atoms with Crippen molar-refractivity contribution in [3.63, 3.8) is 0 Å². The van der Waals surface area contributed by atoms with Crippen molar-refractivity contribution in [2.45, 2.75) is 26.4 Å². The van der Waals surface area contributed by atoms with Gasteiger partial charge < -0.3 is 14.9 Å².